The number of rotatable bonds is 4. The Morgan fingerprint density at radius 3 is 2.67 bits per heavy atom. The summed E-state index contributed by atoms with van der Waals surface area (Å²) in [6, 6.07) is 15.7. The second kappa shape index (κ2) is 5.78. The fourth-order valence-corrected chi connectivity index (χ4v) is 3.39. The first-order chi connectivity index (χ1) is 11.6. The van der Waals surface area contributed by atoms with Crippen LogP contribution in [0.4, 0.5) is 0 Å². The summed E-state index contributed by atoms with van der Waals surface area (Å²) in [5.41, 5.74) is 4.79. The van der Waals surface area contributed by atoms with Gasteiger partial charge in [0.1, 0.15) is 0 Å². The van der Waals surface area contributed by atoms with E-state index >= 15 is 0 Å². The fraction of sp³-hybridized carbons (Fsp3) is 0.300. The number of aromatic nitrogens is 4. The third kappa shape index (κ3) is 2.48. The standard InChI is InChI=1S/C20H22N4/c1-14(2)24-20-11-16(8-9-17(20)12-22-24)10-15(3)23-13-21-18-6-4-5-7-19(18)23/h4-9,11-15H,10H2,1-3H3. The predicted octanol–water partition coefficient (Wildman–Crippen LogP) is 4.77. The molecule has 0 spiro atoms. The van der Waals surface area contributed by atoms with Crippen molar-refractivity contribution in [2.75, 3.05) is 0 Å². The van der Waals surface area contributed by atoms with Crippen LogP contribution in [0, 0.1) is 0 Å². The average molecular weight is 318 g/mol. The van der Waals surface area contributed by atoms with E-state index in [1.54, 1.807) is 0 Å². The zero-order valence-corrected chi connectivity index (χ0v) is 14.3. The number of imidazole rings is 1. The van der Waals surface area contributed by atoms with Crippen LogP contribution in [0.25, 0.3) is 21.9 Å². The summed E-state index contributed by atoms with van der Waals surface area (Å²) in [5, 5.41) is 5.71. The first-order valence-corrected chi connectivity index (χ1v) is 8.51. The molecule has 2 aromatic heterocycles. The number of hydrogen-bond acceptors (Lipinski definition) is 2. The molecule has 0 aliphatic rings. The summed E-state index contributed by atoms with van der Waals surface area (Å²) < 4.78 is 4.36. The Morgan fingerprint density at radius 2 is 1.83 bits per heavy atom. The van der Waals surface area contributed by atoms with Crippen LogP contribution >= 0.6 is 0 Å². The van der Waals surface area contributed by atoms with Crippen LogP contribution in [0.1, 0.15) is 38.4 Å². The molecule has 2 heterocycles. The smallest absolute Gasteiger partial charge is 0.0960 e. The summed E-state index contributed by atoms with van der Waals surface area (Å²) in [6.45, 7) is 6.58. The number of hydrogen-bond donors (Lipinski definition) is 0. The molecule has 4 rings (SSSR count). The molecule has 1 unspecified atom stereocenters. The Bertz CT molecular complexity index is 993. The van der Waals surface area contributed by atoms with Crippen LogP contribution in [-0.4, -0.2) is 19.3 Å². The van der Waals surface area contributed by atoms with E-state index in [4.69, 9.17) is 0 Å². The molecule has 0 bridgehead atoms. The monoisotopic (exact) mass is 318 g/mol. The Labute approximate surface area is 141 Å². The molecule has 122 valence electrons. The summed E-state index contributed by atoms with van der Waals surface area (Å²) >= 11 is 0. The van der Waals surface area contributed by atoms with Crippen molar-refractivity contribution >= 4 is 21.9 Å². The highest BCUT2D eigenvalue weighted by molar-refractivity contribution is 5.79. The van der Waals surface area contributed by atoms with Crippen LogP contribution in [0.5, 0.6) is 0 Å². The van der Waals surface area contributed by atoms with Crippen LogP contribution in [-0.2, 0) is 6.42 Å². The van der Waals surface area contributed by atoms with Crippen molar-refractivity contribution in [2.45, 2.75) is 39.3 Å². The lowest BCUT2D eigenvalue weighted by Gasteiger charge is -2.15. The fourth-order valence-electron chi connectivity index (χ4n) is 3.39. The van der Waals surface area contributed by atoms with Gasteiger partial charge in [-0.15, -0.1) is 0 Å². The van der Waals surface area contributed by atoms with Gasteiger partial charge in [0.2, 0.25) is 0 Å². The van der Waals surface area contributed by atoms with Gasteiger partial charge in [0, 0.05) is 17.5 Å². The molecule has 4 nitrogen and oxygen atoms in total. The second-order valence-corrected chi connectivity index (χ2v) is 6.77. The lowest BCUT2D eigenvalue weighted by molar-refractivity contribution is 0.548. The number of benzene rings is 2. The van der Waals surface area contributed by atoms with Gasteiger partial charge in [-0.05, 0) is 51.0 Å². The van der Waals surface area contributed by atoms with Gasteiger partial charge < -0.3 is 4.57 Å². The van der Waals surface area contributed by atoms with E-state index in [0.29, 0.717) is 12.1 Å². The molecule has 0 radical (unpaired) electrons. The van der Waals surface area contributed by atoms with E-state index in [-0.39, 0.29) is 0 Å². The summed E-state index contributed by atoms with van der Waals surface area (Å²) in [6.07, 6.45) is 4.87. The molecule has 0 saturated heterocycles. The van der Waals surface area contributed by atoms with Crippen molar-refractivity contribution < 1.29 is 0 Å². The molecular weight excluding hydrogens is 296 g/mol. The van der Waals surface area contributed by atoms with Gasteiger partial charge in [0.05, 0.1) is 29.1 Å². The van der Waals surface area contributed by atoms with E-state index in [0.717, 1.165) is 11.9 Å². The molecule has 2 aromatic carbocycles. The maximum atomic E-state index is 4.51. The van der Waals surface area contributed by atoms with E-state index in [2.05, 4.69) is 76.5 Å². The Morgan fingerprint density at radius 1 is 1.00 bits per heavy atom. The van der Waals surface area contributed by atoms with Gasteiger partial charge in [-0.1, -0.05) is 24.3 Å². The van der Waals surface area contributed by atoms with Crippen molar-refractivity contribution in [3.63, 3.8) is 0 Å². The van der Waals surface area contributed by atoms with Crippen molar-refractivity contribution in [3.8, 4) is 0 Å². The first-order valence-electron chi connectivity index (χ1n) is 8.51. The summed E-state index contributed by atoms with van der Waals surface area (Å²) in [5.74, 6) is 0. The third-order valence-electron chi connectivity index (χ3n) is 4.64. The van der Waals surface area contributed by atoms with Gasteiger partial charge in [-0.25, -0.2) is 4.98 Å². The molecule has 0 N–H and O–H groups in total. The van der Waals surface area contributed by atoms with Crippen LogP contribution < -0.4 is 0 Å². The van der Waals surface area contributed by atoms with Gasteiger partial charge >= 0.3 is 0 Å². The second-order valence-electron chi connectivity index (χ2n) is 6.77. The van der Waals surface area contributed by atoms with Crippen molar-refractivity contribution in [3.05, 3.63) is 60.6 Å². The van der Waals surface area contributed by atoms with Crippen LogP contribution in [0.15, 0.2) is 55.0 Å². The van der Waals surface area contributed by atoms with Crippen molar-refractivity contribution in [2.24, 2.45) is 0 Å². The molecule has 4 aromatic rings. The summed E-state index contributed by atoms with van der Waals surface area (Å²) in [7, 11) is 0. The van der Waals surface area contributed by atoms with Crippen LogP contribution in [0.3, 0.4) is 0 Å². The highest BCUT2D eigenvalue weighted by Crippen LogP contribution is 2.24. The zero-order chi connectivity index (χ0) is 16.7. The van der Waals surface area contributed by atoms with Gasteiger partial charge in [-0.3, -0.25) is 4.68 Å². The highest BCUT2D eigenvalue weighted by Gasteiger charge is 2.12. The van der Waals surface area contributed by atoms with E-state index in [1.165, 1.54) is 22.0 Å². The number of para-hydroxylation sites is 2. The lowest BCUT2D eigenvalue weighted by Crippen LogP contribution is -2.07. The van der Waals surface area contributed by atoms with Gasteiger partial charge in [-0.2, -0.15) is 5.10 Å². The summed E-state index contributed by atoms with van der Waals surface area (Å²) in [4.78, 5) is 4.51. The third-order valence-corrected chi connectivity index (χ3v) is 4.64. The average Bonchev–Trinajstić information content (AvgIpc) is 3.18. The minimum Gasteiger partial charge on any atom is -0.327 e. The van der Waals surface area contributed by atoms with Crippen molar-refractivity contribution in [1.82, 2.24) is 19.3 Å². The maximum Gasteiger partial charge on any atom is 0.0960 e. The van der Waals surface area contributed by atoms with Crippen molar-refractivity contribution in [1.29, 1.82) is 0 Å². The minimum atomic E-state index is 0.352. The molecule has 0 amide bonds. The minimum absolute atomic E-state index is 0.352. The van der Waals surface area contributed by atoms with E-state index < -0.39 is 0 Å². The van der Waals surface area contributed by atoms with Crippen LogP contribution in [0.2, 0.25) is 0 Å². The normalized spacial score (nSPS) is 13.2. The molecule has 24 heavy (non-hydrogen) atoms. The molecule has 0 saturated carbocycles. The molecule has 4 heteroatoms. The highest BCUT2D eigenvalue weighted by atomic mass is 15.3. The van der Waals surface area contributed by atoms with Gasteiger partial charge in [0.15, 0.2) is 0 Å². The first kappa shape index (κ1) is 14.9. The lowest BCUT2D eigenvalue weighted by atomic mass is 10.1. The Kier molecular flexibility index (Phi) is 3.60. The largest absolute Gasteiger partial charge is 0.327 e. The maximum absolute atomic E-state index is 4.51. The molecule has 0 fully saturated rings. The van der Waals surface area contributed by atoms with E-state index in [9.17, 15) is 0 Å². The molecular formula is C20H22N4. The van der Waals surface area contributed by atoms with Gasteiger partial charge in [0.25, 0.3) is 0 Å². The Hall–Kier alpha value is -2.62. The number of fused-ring (bicyclic) bond motifs is 2. The predicted molar refractivity (Wildman–Crippen MR) is 98.3 cm³/mol. The SMILES string of the molecule is CC(Cc1ccc2cnn(C(C)C)c2c1)n1cnc2ccccc21. The number of nitrogens with zero attached hydrogens (tertiary/aromatic N) is 4. The molecule has 1 atom stereocenters. The zero-order valence-electron chi connectivity index (χ0n) is 14.3. The topological polar surface area (TPSA) is 35.6 Å². The Balaban J connectivity index is 1.67. The van der Waals surface area contributed by atoms with E-state index in [1.807, 2.05) is 18.6 Å². The molecule has 0 aliphatic heterocycles. The quantitative estimate of drug-likeness (QED) is 0.543. The molecule has 0 aliphatic carbocycles.